The Bertz CT molecular complexity index is 1490. The Morgan fingerprint density at radius 1 is 1.06 bits per heavy atom. The van der Waals surface area contributed by atoms with Crippen molar-refractivity contribution in [2.45, 2.75) is 13.0 Å². The number of benzene rings is 2. The second kappa shape index (κ2) is 7.28. The molecular weight excluding hydrogens is 402 g/mol. The van der Waals surface area contributed by atoms with Gasteiger partial charge >= 0.3 is 0 Å². The van der Waals surface area contributed by atoms with Crippen LogP contribution < -0.4 is 10.9 Å². The van der Waals surface area contributed by atoms with Crippen LogP contribution in [0.25, 0.3) is 27.6 Å². The molecule has 0 saturated heterocycles. The Labute approximate surface area is 174 Å². The van der Waals surface area contributed by atoms with E-state index in [1.807, 2.05) is 6.92 Å². The molecule has 154 valence electrons. The topological polar surface area (TPSA) is 88.5 Å². The summed E-state index contributed by atoms with van der Waals surface area (Å²) >= 11 is 0. The first kappa shape index (κ1) is 18.9. The van der Waals surface area contributed by atoms with Crippen LogP contribution in [0.3, 0.4) is 0 Å². The minimum atomic E-state index is -0.630. The molecule has 0 bridgehead atoms. The lowest BCUT2D eigenvalue weighted by Gasteiger charge is -2.21. The fourth-order valence-electron chi connectivity index (χ4n) is 3.69. The first-order valence-electron chi connectivity index (χ1n) is 9.53. The van der Waals surface area contributed by atoms with Gasteiger partial charge in [-0.25, -0.2) is 23.7 Å². The quantitative estimate of drug-likeness (QED) is 0.459. The lowest BCUT2D eigenvalue weighted by atomic mass is 10.1. The van der Waals surface area contributed by atoms with Crippen molar-refractivity contribution < 1.29 is 8.78 Å². The molecule has 0 saturated carbocycles. The summed E-state index contributed by atoms with van der Waals surface area (Å²) in [6, 6.07) is 11.3. The Kier molecular flexibility index (Phi) is 4.43. The number of aromatic nitrogens is 5. The van der Waals surface area contributed by atoms with E-state index < -0.39 is 23.2 Å². The third-order valence-electron chi connectivity index (χ3n) is 5.11. The van der Waals surface area contributed by atoms with E-state index in [1.165, 1.54) is 41.5 Å². The second-order valence-electron chi connectivity index (χ2n) is 7.08. The molecule has 2 N–H and O–H groups in total. The molecule has 7 nitrogen and oxygen atoms in total. The van der Waals surface area contributed by atoms with Gasteiger partial charge in [-0.2, -0.15) is 0 Å². The van der Waals surface area contributed by atoms with Gasteiger partial charge in [0, 0.05) is 5.69 Å². The number of anilines is 1. The van der Waals surface area contributed by atoms with Crippen molar-refractivity contribution in [3.63, 3.8) is 0 Å². The van der Waals surface area contributed by atoms with Gasteiger partial charge in [0.2, 0.25) is 0 Å². The third-order valence-corrected chi connectivity index (χ3v) is 5.11. The van der Waals surface area contributed by atoms with Crippen molar-refractivity contribution in [1.29, 1.82) is 0 Å². The zero-order valence-electron chi connectivity index (χ0n) is 16.3. The van der Waals surface area contributed by atoms with Gasteiger partial charge in [-0.1, -0.05) is 18.2 Å². The molecule has 0 spiro atoms. The van der Waals surface area contributed by atoms with Crippen LogP contribution in [0.1, 0.15) is 18.7 Å². The normalized spacial score (nSPS) is 12.4. The lowest BCUT2D eigenvalue weighted by Crippen LogP contribution is -2.26. The highest BCUT2D eigenvalue weighted by atomic mass is 19.1. The van der Waals surface area contributed by atoms with Gasteiger partial charge in [0.25, 0.3) is 5.56 Å². The summed E-state index contributed by atoms with van der Waals surface area (Å²) in [6.45, 7) is 1.83. The highest BCUT2D eigenvalue weighted by molar-refractivity contribution is 5.84. The number of hydrogen-bond acceptors (Lipinski definition) is 5. The molecular formula is C22H16F2N6O. The maximum Gasteiger partial charge on any atom is 0.266 e. The predicted molar refractivity (Wildman–Crippen MR) is 113 cm³/mol. The summed E-state index contributed by atoms with van der Waals surface area (Å²) in [5.74, 6) is -0.637. The van der Waals surface area contributed by atoms with Gasteiger partial charge in [0.05, 0.1) is 23.4 Å². The summed E-state index contributed by atoms with van der Waals surface area (Å²) < 4.78 is 29.8. The minimum absolute atomic E-state index is 0.0549. The Morgan fingerprint density at radius 2 is 1.90 bits per heavy atom. The molecule has 0 amide bonds. The molecule has 9 heteroatoms. The molecule has 5 rings (SSSR count). The Hall–Kier alpha value is -4.14. The molecule has 3 aromatic heterocycles. The standard InChI is InChI=1S/C22H16F2N6O/c1-12(29-21-19-20(26-10-25-19)27-11-28-21)17-8-13-4-2-7-16(24)18(13)22(31)30(17)15-6-3-5-14(23)9-15/h2-12H,1H3,(H2,25,26,27,28,29). The zero-order chi connectivity index (χ0) is 21.5. The largest absolute Gasteiger partial charge is 0.360 e. The fraction of sp³-hybridized carbons (Fsp3) is 0.0909. The molecule has 0 aliphatic carbocycles. The van der Waals surface area contributed by atoms with Crippen molar-refractivity contribution in [3.8, 4) is 5.69 Å². The van der Waals surface area contributed by atoms with E-state index in [0.29, 0.717) is 33.7 Å². The van der Waals surface area contributed by atoms with Gasteiger partial charge in [-0.3, -0.25) is 9.36 Å². The fourth-order valence-corrected chi connectivity index (χ4v) is 3.69. The van der Waals surface area contributed by atoms with Gasteiger partial charge in [0.1, 0.15) is 23.5 Å². The first-order valence-corrected chi connectivity index (χ1v) is 9.53. The number of fused-ring (bicyclic) bond motifs is 2. The summed E-state index contributed by atoms with van der Waals surface area (Å²) in [6.07, 6.45) is 2.89. The highest BCUT2D eigenvalue weighted by Gasteiger charge is 2.20. The molecule has 0 fully saturated rings. The minimum Gasteiger partial charge on any atom is -0.360 e. The van der Waals surface area contributed by atoms with Gasteiger partial charge in [-0.05, 0) is 42.6 Å². The molecule has 3 heterocycles. The van der Waals surface area contributed by atoms with E-state index in [4.69, 9.17) is 0 Å². The van der Waals surface area contributed by atoms with Gasteiger partial charge in [0.15, 0.2) is 11.5 Å². The van der Waals surface area contributed by atoms with Crippen molar-refractivity contribution in [3.05, 3.63) is 88.9 Å². The third kappa shape index (κ3) is 3.20. The molecule has 1 atom stereocenters. The number of halogens is 2. The average Bonchev–Trinajstić information content (AvgIpc) is 3.23. The Balaban J connectivity index is 1.72. The smallest absolute Gasteiger partial charge is 0.266 e. The number of rotatable bonds is 4. The molecule has 31 heavy (non-hydrogen) atoms. The van der Waals surface area contributed by atoms with Crippen LogP contribution in [0.5, 0.6) is 0 Å². The number of nitrogens with zero attached hydrogens (tertiary/aromatic N) is 4. The molecule has 0 aliphatic rings. The van der Waals surface area contributed by atoms with Crippen molar-refractivity contribution in [2.24, 2.45) is 0 Å². The van der Waals surface area contributed by atoms with E-state index in [-0.39, 0.29) is 5.39 Å². The van der Waals surface area contributed by atoms with Crippen molar-refractivity contribution in [2.75, 3.05) is 5.32 Å². The van der Waals surface area contributed by atoms with Crippen LogP contribution in [0, 0.1) is 11.6 Å². The van der Waals surface area contributed by atoms with E-state index >= 15 is 0 Å². The second-order valence-corrected chi connectivity index (χ2v) is 7.08. The highest BCUT2D eigenvalue weighted by Crippen LogP contribution is 2.26. The Morgan fingerprint density at radius 3 is 2.74 bits per heavy atom. The molecule has 0 aliphatic heterocycles. The summed E-state index contributed by atoms with van der Waals surface area (Å²) in [5, 5.41) is 3.65. The lowest BCUT2D eigenvalue weighted by molar-refractivity contribution is 0.625. The number of H-pyrrole nitrogens is 1. The number of hydrogen-bond donors (Lipinski definition) is 2. The van der Waals surface area contributed by atoms with Gasteiger partial charge < -0.3 is 10.3 Å². The van der Waals surface area contributed by atoms with Gasteiger partial charge in [-0.15, -0.1) is 0 Å². The van der Waals surface area contributed by atoms with Crippen LogP contribution in [0.4, 0.5) is 14.6 Å². The molecule has 5 aromatic rings. The maximum absolute atomic E-state index is 14.5. The molecule has 2 aromatic carbocycles. The average molecular weight is 418 g/mol. The van der Waals surface area contributed by atoms with E-state index in [2.05, 4.69) is 25.3 Å². The number of nitrogens with one attached hydrogen (secondary N) is 2. The van der Waals surface area contributed by atoms with Crippen LogP contribution in [-0.2, 0) is 0 Å². The van der Waals surface area contributed by atoms with Crippen LogP contribution >= 0.6 is 0 Å². The van der Waals surface area contributed by atoms with E-state index in [0.717, 1.165) is 0 Å². The number of imidazole rings is 1. The summed E-state index contributed by atoms with van der Waals surface area (Å²) in [7, 11) is 0. The monoisotopic (exact) mass is 418 g/mol. The van der Waals surface area contributed by atoms with Crippen LogP contribution in [0.2, 0.25) is 0 Å². The van der Waals surface area contributed by atoms with E-state index in [1.54, 1.807) is 24.3 Å². The van der Waals surface area contributed by atoms with E-state index in [9.17, 15) is 13.6 Å². The molecule has 1 unspecified atom stereocenters. The molecule has 0 radical (unpaired) electrons. The first-order chi connectivity index (χ1) is 15.0. The summed E-state index contributed by atoms with van der Waals surface area (Å²) in [4.78, 5) is 28.8. The predicted octanol–water partition coefficient (Wildman–Crippen LogP) is 4.11. The van der Waals surface area contributed by atoms with Crippen LogP contribution in [-0.4, -0.2) is 24.5 Å². The number of aromatic amines is 1. The maximum atomic E-state index is 14.5. The number of pyridine rings is 1. The summed E-state index contributed by atoms with van der Waals surface area (Å²) in [5.41, 5.74) is 1.35. The van der Waals surface area contributed by atoms with Crippen molar-refractivity contribution >= 4 is 27.8 Å². The van der Waals surface area contributed by atoms with Crippen molar-refractivity contribution in [1.82, 2.24) is 24.5 Å². The SMILES string of the molecule is CC(Nc1ncnc2nc[nH]c12)c1cc2cccc(F)c2c(=O)n1-c1cccc(F)c1. The van der Waals surface area contributed by atoms with Crippen LogP contribution in [0.15, 0.2) is 66.0 Å². The zero-order valence-corrected chi connectivity index (χ0v) is 16.3.